The lowest BCUT2D eigenvalue weighted by atomic mass is 10.0. The molecule has 0 saturated carbocycles. The fraction of sp³-hybridized carbons (Fsp3) is 0.143. The lowest BCUT2D eigenvalue weighted by Crippen LogP contribution is -1.92. The molecular weight excluding hydrogens is 342 g/mol. The SMILES string of the molecule is CC1=Nc2ccccc2C1=Cc1sc(Nc2ccc(C)cc2C)nc1O. The zero-order valence-electron chi connectivity index (χ0n) is 14.9. The number of hydrogen-bond acceptors (Lipinski definition) is 5. The van der Waals surface area contributed by atoms with Crippen LogP contribution in [0, 0.1) is 13.8 Å². The Hall–Kier alpha value is -2.92. The summed E-state index contributed by atoms with van der Waals surface area (Å²) >= 11 is 1.43. The van der Waals surface area contributed by atoms with Crippen LogP contribution in [0.2, 0.25) is 0 Å². The Bertz CT molecular complexity index is 1060. The second kappa shape index (κ2) is 6.42. The minimum atomic E-state index is 0.0342. The molecule has 0 spiro atoms. The number of aromatic nitrogens is 1. The van der Waals surface area contributed by atoms with Crippen molar-refractivity contribution < 1.29 is 5.11 Å². The maximum atomic E-state index is 10.3. The van der Waals surface area contributed by atoms with Gasteiger partial charge in [-0.05, 0) is 44.5 Å². The van der Waals surface area contributed by atoms with E-state index in [2.05, 4.69) is 41.3 Å². The topological polar surface area (TPSA) is 57.5 Å². The van der Waals surface area contributed by atoms with Crippen LogP contribution < -0.4 is 5.32 Å². The van der Waals surface area contributed by atoms with Crippen molar-refractivity contribution in [1.29, 1.82) is 0 Å². The number of fused-ring (bicyclic) bond motifs is 1. The first-order chi connectivity index (χ1) is 12.5. The number of benzene rings is 2. The molecule has 130 valence electrons. The summed E-state index contributed by atoms with van der Waals surface area (Å²) in [5, 5.41) is 14.3. The third kappa shape index (κ3) is 3.02. The van der Waals surface area contributed by atoms with Gasteiger partial charge in [-0.2, -0.15) is 4.98 Å². The quantitative estimate of drug-likeness (QED) is 0.615. The van der Waals surface area contributed by atoms with Gasteiger partial charge in [0, 0.05) is 22.5 Å². The highest BCUT2D eigenvalue weighted by atomic mass is 32.1. The Balaban J connectivity index is 1.67. The van der Waals surface area contributed by atoms with Gasteiger partial charge >= 0.3 is 0 Å². The number of aliphatic imine (C=N–C) groups is 1. The molecule has 0 saturated heterocycles. The van der Waals surface area contributed by atoms with Crippen molar-refractivity contribution in [1.82, 2.24) is 4.98 Å². The number of nitrogens with one attached hydrogen (secondary N) is 1. The summed E-state index contributed by atoms with van der Waals surface area (Å²) in [6.07, 6.45) is 1.96. The molecule has 3 aromatic rings. The van der Waals surface area contributed by atoms with Crippen molar-refractivity contribution >= 4 is 45.2 Å². The number of anilines is 2. The maximum absolute atomic E-state index is 10.3. The molecule has 1 aromatic heterocycles. The number of aryl methyl sites for hydroxylation is 2. The molecule has 2 N–H and O–H groups in total. The van der Waals surface area contributed by atoms with Crippen LogP contribution in [0.25, 0.3) is 11.6 Å². The Morgan fingerprint density at radius 3 is 2.69 bits per heavy atom. The second-order valence-corrected chi connectivity index (χ2v) is 7.45. The predicted octanol–water partition coefficient (Wildman–Crippen LogP) is 5.86. The zero-order chi connectivity index (χ0) is 18.3. The van der Waals surface area contributed by atoms with Crippen LogP contribution in [-0.4, -0.2) is 15.8 Å². The summed E-state index contributed by atoms with van der Waals surface area (Å²) in [6, 6.07) is 14.2. The van der Waals surface area contributed by atoms with Crippen molar-refractivity contribution in [3.05, 3.63) is 64.0 Å². The van der Waals surface area contributed by atoms with E-state index in [4.69, 9.17) is 0 Å². The van der Waals surface area contributed by atoms with E-state index >= 15 is 0 Å². The molecule has 2 aromatic carbocycles. The van der Waals surface area contributed by atoms with Crippen LogP contribution in [0.15, 0.2) is 47.5 Å². The molecule has 1 aliphatic rings. The lowest BCUT2D eigenvalue weighted by Gasteiger charge is -2.07. The Morgan fingerprint density at radius 1 is 1.08 bits per heavy atom. The molecule has 0 bridgehead atoms. The predicted molar refractivity (Wildman–Crippen MR) is 110 cm³/mol. The van der Waals surface area contributed by atoms with E-state index in [-0.39, 0.29) is 5.88 Å². The second-order valence-electron chi connectivity index (χ2n) is 6.42. The molecule has 0 radical (unpaired) electrons. The molecule has 0 fully saturated rings. The number of rotatable bonds is 3. The van der Waals surface area contributed by atoms with Crippen molar-refractivity contribution in [3.8, 4) is 5.88 Å². The fourth-order valence-corrected chi connectivity index (χ4v) is 3.90. The Labute approximate surface area is 156 Å². The fourth-order valence-electron chi connectivity index (χ4n) is 3.09. The molecule has 2 heterocycles. The Morgan fingerprint density at radius 2 is 1.88 bits per heavy atom. The summed E-state index contributed by atoms with van der Waals surface area (Å²) < 4.78 is 0. The summed E-state index contributed by atoms with van der Waals surface area (Å²) in [5.74, 6) is 0.0342. The minimum absolute atomic E-state index is 0.0342. The molecule has 0 atom stereocenters. The molecule has 26 heavy (non-hydrogen) atoms. The van der Waals surface area contributed by atoms with Crippen LogP contribution >= 0.6 is 11.3 Å². The van der Waals surface area contributed by atoms with Gasteiger partial charge in [0.2, 0.25) is 5.88 Å². The van der Waals surface area contributed by atoms with E-state index in [9.17, 15) is 5.11 Å². The third-order valence-corrected chi connectivity index (χ3v) is 5.31. The highest BCUT2D eigenvalue weighted by molar-refractivity contribution is 7.16. The first-order valence-corrected chi connectivity index (χ1v) is 9.24. The number of thiazole rings is 1. The molecule has 5 heteroatoms. The lowest BCUT2D eigenvalue weighted by molar-refractivity contribution is 0.457. The normalized spacial score (nSPS) is 14.4. The average molecular weight is 361 g/mol. The third-order valence-electron chi connectivity index (χ3n) is 4.41. The smallest absolute Gasteiger partial charge is 0.231 e. The average Bonchev–Trinajstić information content (AvgIpc) is 3.11. The minimum Gasteiger partial charge on any atom is -0.492 e. The maximum Gasteiger partial charge on any atom is 0.231 e. The largest absolute Gasteiger partial charge is 0.492 e. The highest BCUT2D eigenvalue weighted by Gasteiger charge is 2.19. The van der Waals surface area contributed by atoms with Gasteiger partial charge in [0.25, 0.3) is 0 Å². The van der Waals surface area contributed by atoms with Gasteiger partial charge in [0.05, 0.1) is 10.6 Å². The van der Waals surface area contributed by atoms with E-state index in [0.717, 1.165) is 38.7 Å². The molecule has 0 aliphatic carbocycles. The van der Waals surface area contributed by atoms with Crippen LogP contribution in [0.4, 0.5) is 16.5 Å². The summed E-state index contributed by atoms with van der Waals surface area (Å²) in [5.41, 5.74) is 7.38. The first-order valence-electron chi connectivity index (χ1n) is 8.42. The number of allylic oxidation sites excluding steroid dienone is 1. The van der Waals surface area contributed by atoms with Crippen LogP contribution in [0.1, 0.15) is 28.5 Å². The van der Waals surface area contributed by atoms with Crippen LogP contribution in [-0.2, 0) is 0 Å². The number of hydrogen-bond donors (Lipinski definition) is 2. The van der Waals surface area contributed by atoms with E-state index in [1.54, 1.807) is 0 Å². The van der Waals surface area contributed by atoms with Gasteiger partial charge in [-0.3, -0.25) is 4.99 Å². The summed E-state index contributed by atoms with van der Waals surface area (Å²) in [6.45, 7) is 6.11. The first kappa shape index (κ1) is 16.5. The number of nitrogens with zero attached hydrogens (tertiary/aromatic N) is 2. The Kier molecular flexibility index (Phi) is 4.09. The van der Waals surface area contributed by atoms with E-state index < -0.39 is 0 Å². The monoisotopic (exact) mass is 361 g/mol. The molecule has 4 nitrogen and oxygen atoms in total. The van der Waals surface area contributed by atoms with Crippen molar-refractivity contribution in [2.45, 2.75) is 20.8 Å². The van der Waals surface area contributed by atoms with Crippen molar-refractivity contribution in [3.63, 3.8) is 0 Å². The van der Waals surface area contributed by atoms with Gasteiger partial charge in [0.15, 0.2) is 5.13 Å². The summed E-state index contributed by atoms with van der Waals surface area (Å²) in [4.78, 5) is 9.58. The standard InChI is InChI=1S/C21H19N3OS/c1-12-8-9-17(13(2)10-12)23-21-24-20(25)19(26-21)11-16-14(3)22-18-7-5-4-6-15(16)18/h4-11,25H,1-3H3,(H,23,24). The summed E-state index contributed by atoms with van der Waals surface area (Å²) in [7, 11) is 0. The van der Waals surface area contributed by atoms with Crippen LogP contribution in [0.5, 0.6) is 5.88 Å². The van der Waals surface area contributed by atoms with E-state index in [0.29, 0.717) is 5.13 Å². The molecule has 4 rings (SSSR count). The van der Waals surface area contributed by atoms with Gasteiger partial charge in [0.1, 0.15) is 0 Å². The molecule has 1 aliphatic heterocycles. The van der Waals surface area contributed by atoms with E-state index in [1.165, 1.54) is 16.9 Å². The number of aromatic hydroxyl groups is 1. The van der Waals surface area contributed by atoms with Gasteiger partial charge in [-0.1, -0.05) is 47.2 Å². The number of para-hydroxylation sites is 1. The highest BCUT2D eigenvalue weighted by Crippen LogP contribution is 2.39. The van der Waals surface area contributed by atoms with Crippen LogP contribution in [0.3, 0.4) is 0 Å². The molecular formula is C21H19N3OS. The van der Waals surface area contributed by atoms with Crippen molar-refractivity contribution in [2.75, 3.05) is 5.32 Å². The van der Waals surface area contributed by atoms with Gasteiger partial charge in [-0.25, -0.2) is 0 Å². The van der Waals surface area contributed by atoms with E-state index in [1.807, 2.05) is 43.3 Å². The molecule has 0 amide bonds. The van der Waals surface area contributed by atoms with Crippen molar-refractivity contribution in [2.24, 2.45) is 4.99 Å². The molecule has 0 unspecified atom stereocenters. The zero-order valence-corrected chi connectivity index (χ0v) is 15.7. The van der Waals surface area contributed by atoms with Gasteiger partial charge in [-0.15, -0.1) is 0 Å². The van der Waals surface area contributed by atoms with Gasteiger partial charge < -0.3 is 10.4 Å².